The molecule has 0 saturated carbocycles. The lowest BCUT2D eigenvalue weighted by Crippen LogP contribution is -2.37. The second-order valence-corrected chi connectivity index (χ2v) is 11.6. The molecule has 36 heavy (non-hydrogen) atoms. The minimum atomic E-state index is 1.20. The van der Waals surface area contributed by atoms with Crippen molar-refractivity contribution in [3.05, 3.63) is 18.2 Å². The van der Waals surface area contributed by atoms with Crippen LogP contribution in [0.5, 0.6) is 0 Å². The highest BCUT2D eigenvalue weighted by molar-refractivity contribution is 4.84. The number of hydrogen-bond donors (Lipinski definition) is 0. The molecule has 0 bridgehead atoms. The van der Waals surface area contributed by atoms with E-state index >= 15 is 0 Å². The number of hydrogen-bond acceptors (Lipinski definition) is 0. The quantitative estimate of drug-likeness (QED) is 0.0794. The van der Waals surface area contributed by atoms with Crippen LogP contribution in [-0.4, -0.2) is 4.57 Å². The molecule has 0 spiro atoms. The first-order valence-corrected chi connectivity index (χ1v) is 16.9. The summed E-state index contributed by atoms with van der Waals surface area (Å²) in [6, 6.07) is 0. The van der Waals surface area contributed by atoms with Crippen molar-refractivity contribution in [2.45, 2.75) is 201 Å². The van der Waals surface area contributed by atoms with E-state index in [4.69, 9.17) is 0 Å². The molecule has 212 valence electrons. The minimum absolute atomic E-state index is 1.20. The van der Waals surface area contributed by atoms with Crippen LogP contribution in [0, 0.1) is 0 Å². The van der Waals surface area contributed by atoms with Gasteiger partial charge in [0.2, 0.25) is 0 Å². The third kappa shape index (κ3) is 18.5. The summed E-state index contributed by atoms with van der Waals surface area (Å²) in [6.45, 7) is 9.35. The lowest BCUT2D eigenvalue weighted by atomic mass is 10.0. The Labute approximate surface area is 228 Å². The van der Waals surface area contributed by atoms with Gasteiger partial charge in [-0.15, -0.1) is 0 Å². The standard InChI is InChI=1S/C34H67N2/c1-4-7-10-12-14-15-16-17-18-19-20-21-22-23-24-25-27-29-34-35(30-9-6-3)32-33-36(34)31-28-26-13-11-8-5-2/h32-33H,4-31H2,1-3H3/q+1. The van der Waals surface area contributed by atoms with Gasteiger partial charge in [0, 0.05) is 6.42 Å². The molecule has 2 heteroatoms. The zero-order valence-corrected chi connectivity index (χ0v) is 25.3. The van der Waals surface area contributed by atoms with Gasteiger partial charge in [0.1, 0.15) is 12.4 Å². The van der Waals surface area contributed by atoms with Crippen molar-refractivity contribution in [1.29, 1.82) is 0 Å². The number of aromatic nitrogens is 2. The van der Waals surface area contributed by atoms with Crippen LogP contribution in [0.1, 0.15) is 187 Å². The predicted octanol–water partition coefficient (Wildman–Crippen LogP) is 11.1. The summed E-state index contributed by atoms with van der Waals surface area (Å²) >= 11 is 0. The van der Waals surface area contributed by atoms with Gasteiger partial charge in [-0.05, 0) is 25.7 Å². The van der Waals surface area contributed by atoms with Gasteiger partial charge in [-0.25, -0.2) is 9.13 Å². The summed E-state index contributed by atoms with van der Waals surface area (Å²) in [5.74, 6) is 1.60. The Hall–Kier alpha value is -0.790. The SMILES string of the molecule is CCCCCCCCCCCCCCCCCCCc1n(CCCCCCCC)cc[n+]1CCCC. The van der Waals surface area contributed by atoms with E-state index < -0.39 is 0 Å². The van der Waals surface area contributed by atoms with Crippen molar-refractivity contribution in [2.24, 2.45) is 0 Å². The van der Waals surface area contributed by atoms with Crippen molar-refractivity contribution in [2.75, 3.05) is 0 Å². The second-order valence-electron chi connectivity index (χ2n) is 11.6. The number of rotatable bonds is 28. The Balaban J connectivity index is 2.06. The molecule has 1 aromatic heterocycles. The van der Waals surface area contributed by atoms with Gasteiger partial charge in [-0.1, -0.05) is 156 Å². The molecule has 0 saturated heterocycles. The molecular formula is C34H67N2+. The Kier molecular flexibility index (Phi) is 23.9. The topological polar surface area (TPSA) is 8.81 Å². The Morgan fingerprint density at radius 3 is 1.31 bits per heavy atom. The van der Waals surface area contributed by atoms with Crippen LogP contribution in [0.25, 0.3) is 0 Å². The minimum Gasteiger partial charge on any atom is -0.234 e. The molecule has 0 N–H and O–H groups in total. The van der Waals surface area contributed by atoms with Crippen LogP contribution in [0.4, 0.5) is 0 Å². The number of aryl methyl sites for hydroxylation is 2. The van der Waals surface area contributed by atoms with E-state index in [-0.39, 0.29) is 0 Å². The summed E-state index contributed by atoms with van der Waals surface area (Å²) < 4.78 is 5.15. The van der Waals surface area contributed by atoms with Gasteiger partial charge in [0.15, 0.2) is 0 Å². The van der Waals surface area contributed by atoms with Crippen molar-refractivity contribution < 1.29 is 4.57 Å². The summed E-state index contributed by atoms with van der Waals surface area (Å²) in [6.07, 6.45) is 41.6. The van der Waals surface area contributed by atoms with E-state index in [1.165, 1.54) is 180 Å². The van der Waals surface area contributed by atoms with Gasteiger partial charge in [0.25, 0.3) is 5.82 Å². The van der Waals surface area contributed by atoms with Crippen molar-refractivity contribution >= 4 is 0 Å². The van der Waals surface area contributed by atoms with E-state index in [1.54, 1.807) is 5.82 Å². The maximum absolute atomic E-state index is 2.59. The lowest BCUT2D eigenvalue weighted by Gasteiger charge is -2.06. The molecular weight excluding hydrogens is 436 g/mol. The molecule has 1 heterocycles. The summed E-state index contributed by atoms with van der Waals surface area (Å²) in [5, 5.41) is 0. The van der Waals surface area contributed by atoms with Crippen LogP contribution in [-0.2, 0) is 19.5 Å². The first kappa shape index (κ1) is 33.2. The van der Waals surface area contributed by atoms with E-state index in [0.717, 1.165) is 0 Å². The van der Waals surface area contributed by atoms with Crippen molar-refractivity contribution in [3.8, 4) is 0 Å². The molecule has 0 amide bonds. The summed E-state index contributed by atoms with van der Waals surface area (Å²) in [5.41, 5.74) is 0. The van der Waals surface area contributed by atoms with Gasteiger partial charge in [0.05, 0.1) is 13.1 Å². The molecule has 0 aliphatic heterocycles. The monoisotopic (exact) mass is 504 g/mol. The fourth-order valence-electron chi connectivity index (χ4n) is 5.59. The molecule has 1 rings (SSSR count). The van der Waals surface area contributed by atoms with Gasteiger partial charge in [-0.2, -0.15) is 0 Å². The Morgan fingerprint density at radius 1 is 0.472 bits per heavy atom. The highest BCUT2D eigenvalue weighted by Crippen LogP contribution is 2.15. The fourth-order valence-corrected chi connectivity index (χ4v) is 5.59. The zero-order valence-electron chi connectivity index (χ0n) is 25.3. The van der Waals surface area contributed by atoms with Gasteiger partial charge in [-0.3, -0.25) is 0 Å². The average Bonchev–Trinajstić information content (AvgIpc) is 3.27. The zero-order chi connectivity index (χ0) is 25.9. The Bertz CT molecular complexity index is 562. The molecule has 0 aliphatic carbocycles. The molecule has 2 nitrogen and oxygen atoms in total. The molecule has 0 fully saturated rings. The van der Waals surface area contributed by atoms with Crippen molar-refractivity contribution in [1.82, 2.24) is 4.57 Å². The lowest BCUT2D eigenvalue weighted by molar-refractivity contribution is -0.704. The Morgan fingerprint density at radius 2 is 0.861 bits per heavy atom. The van der Waals surface area contributed by atoms with E-state index in [0.29, 0.717) is 0 Å². The highest BCUT2D eigenvalue weighted by Gasteiger charge is 2.16. The third-order valence-electron chi connectivity index (χ3n) is 8.10. The molecule has 0 aliphatic rings. The maximum atomic E-state index is 2.59. The van der Waals surface area contributed by atoms with Crippen LogP contribution >= 0.6 is 0 Å². The fraction of sp³-hybridized carbons (Fsp3) is 0.912. The number of imidazole rings is 1. The van der Waals surface area contributed by atoms with E-state index in [9.17, 15) is 0 Å². The van der Waals surface area contributed by atoms with Gasteiger partial charge < -0.3 is 0 Å². The van der Waals surface area contributed by atoms with Crippen molar-refractivity contribution in [3.63, 3.8) is 0 Å². The third-order valence-corrected chi connectivity index (χ3v) is 8.10. The molecule has 1 aromatic rings. The molecule has 0 unspecified atom stereocenters. The number of nitrogens with zero attached hydrogens (tertiary/aromatic N) is 2. The van der Waals surface area contributed by atoms with Gasteiger partial charge >= 0.3 is 0 Å². The smallest absolute Gasteiger partial charge is 0.234 e. The largest absolute Gasteiger partial charge is 0.256 e. The average molecular weight is 504 g/mol. The highest BCUT2D eigenvalue weighted by atomic mass is 15.1. The summed E-state index contributed by atoms with van der Waals surface area (Å²) in [7, 11) is 0. The van der Waals surface area contributed by atoms with Crippen LogP contribution < -0.4 is 4.57 Å². The molecule has 0 aromatic carbocycles. The predicted molar refractivity (Wildman–Crippen MR) is 161 cm³/mol. The summed E-state index contributed by atoms with van der Waals surface area (Å²) in [4.78, 5) is 0. The maximum Gasteiger partial charge on any atom is 0.256 e. The van der Waals surface area contributed by atoms with Crippen LogP contribution in [0.15, 0.2) is 12.4 Å². The molecule has 0 radical (unpaired) electrons. The second kappa shape index (κ2) is 25.8. The normalized spacial score (nSPS) is 11.5. The first-order chi connectivity index (χ1) is 17.8. The van der Waals surface area contributed by atoms with Crippen LogP contribution in [0.2, 0.25) is 0 Å². The van der Waals surface area contributed by atoms with E-state index in [2.05, 4.69) is 42.3 Å². The van der Waals surface area contributed by atoms with Crippen LogP contribution in [0.3, 0.4) is 0 Å². The molecule has 0 atom stereocenters. The van der Waals surface area contributed by atoms with E-state index in [1.807, 2.05) is 0 Å². The number of unbranched alkanes of at least 4 members (excludes halogenated alkanes) is 22. The first-order valence-electron chi connectivity index (χ1n) is 16.9.